The minimum Gasteiger partial charge on any atom is -0.449 e. The minimum absolute atomic E-state index is 0.0597. The molecule has 1 atom stereocenters. The smallest absolute Gasteiger partial charge is 0.331 e. The van der Waals surface area contributed by atoms with Crippen molar-refractivity contribution in [2.75, 3.05) is 5.32 Å². The fraction of sp³-hybridized carbons (Fsp3) is 0.150. The van der Waals surface area contributed by atoms with Crippen molar-refractivity contribution in [3.05, 3.63) is 70.8 Å². The van der Waals surface area contributed by atoms with E-state index in [1.165, 1.54) is 26.0 Å². The molecule has 0 aliphatic rings. The van der Waals surface area contributed by atoms with E-state index in [0.717, 1.165) is 0 Å². The molecule has 2 aromatic carbocycles. The summed E-state index contributed by atoms with van der Waals surface area (Å²) in [5, 5.41) is 3.13. The van der Waals surface area contributed by atoms with Crippen LogP contribution < -0.4 is 5.32 Å². The Bertz CT molecular complexity index is 843. The predicted molar refractivity (Wildman–Crippen MR) is 101 cm³/mol. The molecule has 0 saturated heterocycles. The molecule has 0 unspecified atom stereocenters. The summed E-state index contributed by atoms with van der Waals surface area (Å²) in [6, 6.07) is 13.5. The van der Waals surface area contributed by atoms with Crippen molar-refractivity contribution >= 4 is 41.0 Å². The van der Waals surface area contributed by atoms with Gasteiger partial charge in [-0.3, -0.25) is 9.59 Å². The molecule has 0 heterocycles. The van der Waals surface area contributed by atoms with E-state index in [4.69, 9.17) is 16.3 Å². The lowest BCUT2D eigenvalue weighted by molar-refractivity contribution is -0.148. The summed E-state index contributed by atoms with van der Waals surface area (Å²) >= 11 is 6.00. The molecule has 5 nitrogen and oxygen atoms in total. The number of Topliss-reactive ketones (excluding diaryl/α,β-unsaturated/α-hetero) is 1. The van der Waals surface area contributed by atoms with E-state index in [9.17, 15) is 14.4 Å². The van der Waals surface area contributed by atoms with Gasteiger partial charge in [0.15, 0.2) is 11.9 Å². The van der Waals surface area contributed by atoms with Crippen molar-refractivity contribution in [1.82, 2.24) is 0 Å². The Morgan fingerprint density at radius 2 is 1.73 bits per heavy atom. The first-order valence-electron chi connectivity index (χ1n) is 7.92. The van der Waals surface area contributed by atoms with Gasteiger partial charge in [0.2, 0.25) is 0 Å². The zero-order valence-electron chi connectivity index (χ0n) is 14.4. The second-order valence-electron chi connectivity index (χ2n) is 5.56. The van der Waals surface area contributed by atoms with Crippen molar-refractivity contribution in [1.29, 1.82) is 0 Å². The zero-order valence-corrected chi connectivity index (χ0v) is 15.1. The Kier molecular flexibility index (Phi) is 6.69. The van der Waals surface area contributed by atoms with E-state index in [-0.39, 0.29) is 5.78 Å². The molecule has 2 rings (SSSR count). The van der Waals surface area contributed by atoms with E-state index in [1.54, 1.807) is 48.5 Å². The number of halogens is 1. The van der Waals surface area contributed by atoms with Gasteiger partial charge in [-0.2, -0.15) is 0 Å². The Labute approximate surface area is 156 Å². The fourth-order valence-electron chi connectivity index (χ4n) is 2.07. The van der Waals surface area contributed by atoms with Crippen molar-refractivity contribution < 1.29 is 19.1 Å². The lowest BCUT2D eigenvalue weighted by Crippen LogP contribution is -2.29. The van der Waals surface area contributed by atoms with Gasteiger partial charge in [0.05, 0.1) is 0 Å². The lowest BCUT2D eigenvalue weighted by atomic mass is 10.1. The highest BCUT2D eigenvalue weighted by atomic mass is 35.5. The van der Waals surface area contributed by atoms with E-state index < -0.39 is 18.0 Å². The van der Waals surface area contributed by atoms with Crippen LogP contribution in [0.1, 0.15) is 29.8 Å². The molecule has 0 aliphatic carbocycles. The van der Waals surface area contributed by atoms with Crippen LogP contribution in [0, 0.1) is 0 Å². The maximum atomic E-state index is 12.1. The molecule has 0 fully saturated rings. The first-order valence-corrected chi connectivity index (χ1v) is 8.29. The molecule has 134 valence electrons. The summed E-state index contributed by atoms with van der Waals surface area (Å²) in [4.78, 5) is 35.2. The number of amides is 1. The molecule has 26 heavy (non-hydrogen) atoms. The number of hydrogen-bond acceptors (Lipinski definition) is 4. The second kappa shape index (κ2) is 8.97. The summed E-state index contributed by atoms with van der Waals surface area (Å²) < 4.78 is 5.07. The highest BCUT2D eigenvalue weighted by Gasteiger charge is 2.16. The van der Waals surface area contributed by atoms with Crippen LogP contribution in [0.15, 0.2) is 54.6 Å². The van der Waals surface area contributed by atoms with Gasteiger partial charge in [-0.25, -0.2) is 4.79 Å². The van der Waals surface area contributed by atoms with Crippen LogP contribution in [0.25, 0.3) is 6.08 Å². The normalized spacial score (nSPS) is 11.8. The summed E-state index contributed by atoms with van der Waals surface area (Å²) in [6.45, 7) is 2.94. The lowest BCUT2D eigenvalue weighted by Gasteiger charge is -2.12. The van der Waals surface area contributed by atoms with Gasteiger partial charge in [0.1, 0.15) is 0 Å². The van der Waals surface area contributed by atoms with Gasteiger partial charge in [-0.15, -0.1) is 0 Å². The number of benzene rings is 2. The molecule has 0 bridgehead atoms. The molecule has 0 radical (unpaired) electrons. The van der Waals surface area contributed by atoms with Crippen molar-refractivity contribution in [2.45, 2.75) is 20.0 Å². The van der Waals surface area contributed by atoms with Gasteiger partial charge in [0, 0.05) is 22.3 Å². The quantitative estimate of drug-likeness (QED) is 0.471. The summed E-state index contributed by atoms with van der Waals surface area (Å²) in [5.74, 6) is -1.19. The predicted octanol–water partition coefficient (Wildman–Crippen LogP) is 4.13. The maximum absolute atomic E-state index is 12.1. The van der Waals surface area contributed by atoms with E-state index in [1.807, 2.05) is 0 Å². The average molecular weight is 372 g/mol. The molecular formula is C20H18ClNO4. The number of carbonyl (C=O) groups excluding carboxylic acids is 3. The standard InChI is InChI=1S/C20H18ClNO4/c1-13(23)15-7-10-17(11-8-15)22-20(25)14(2)26-19(24)12-9-16-5-3-4-6-18(16)21/h3-12,14H,1-2H3,(H,22,25)/b12-9+/t14-/m0/s1. The van der Waals surface area contributed by atoms with Crippen LogP contribution in [0.4, 0.5) is 5.69 Å². The number of nitrogens with one attached hydrogen (secondary N) is 1. The molecule has 1 amide bonds. The largest absolute Gasteiger partial charge is 0.449 e. The van der Waals surface area contributed by atoms with E-state index >= 15 is 0 Å². The van der Waals surface area contributed by atoms with Crippen LogP contribution in [0.2, 0.25) is 5.02 Å². The summed E-state index contributed by atoms with van der Waals surface area (Å²) in [7, 11) is 0. The number of hydrogen-bond donors (Lipinski definition) is 1. The average Bonchev–Trinajstić information content (AvgIpc) is 2.61. The molecular weight excluding hydrogens is 354 g/mol. The number of anilines is 1. The molecule has 0 saturated carbocycles. The number of carbonyl (C=O) groups is 3. The molecule has 0 aromatic heterocycles. The minimum atomic E-state index is -0.981. The van der Waals surface area contributed by atoms with Crippen LogP contribution in [-0.4, -0.2) is 23.8 Å². The maximum Gasteiger partial charge on any atom is 0.331 e. The van der Waals surface area contributed by atoms with Crippen molar-refractivity contribution in [2.24, 2.45) is 0 Å². The van der Waals surface area contributed by atoms with Crippen LogP contribution >= 0.6 is 11.6 Å². The monoisotopic (exact) mass is 371 g/mol. The summed E-state index contributed by atoms with van der Waals surface area (Å²) in [5.41, 5.74) is 1.73. The van der Waals surface area contributed by atoms with Gasteiger partial charge >= 0.3 is 5.97 Å². The third-order valence-corrected chi connectivity index (χ3v) is 3.87. The first-order chi connectivity index (χ1) is 12.4. The Morgan fingerprint density at radius 3 is 2.35 bits per heavy atom. The number of esters is 1. The number of ether oxygens (including phenoxy) is 1. The van der Waals surface area contributed by atoms with Crippen molar-refractivity contribution in [3.63, 3.8) is 0 Å². The van der Waals surface area contributed by atoms with E-state index in [2.05, 4.69) is 5.32 Å². The van der Waals surface area contributed by atoms with E-state index in [0.29, 0.717) is 21.8 Å². The van der Waals surface area contributed by atoms with Gasteiger partial charge in [-0.1, -0.05) is 29.8 Å². The zero-order chi connectivity index (χ0) is 19.1. The molecule has 0 aliphatic heterocycles. The Hall–Kier alpha value is -2.92. The van der Waals surface area contributed by atoms with Crippen LogP contribution in [0.3, 0.4) is 0 Å². The highest BCUT2D eigenvalue weighted by Crippen LogP contribution is 2.16. The van der Waals surface area contributed by atoms with Gasteiger partial charge < -0.3 is 10.1 Å². The topological polar surface area (TPSA) is 72.5 Å². The van der Waals surface area contributed by atoms with Crippen LogP contribution in [-0.2, 0) is 14.3 Å². The van der Waals surface area contributed by atoms with Crippen LogP contribution in [0.5, 0.6) is 0 Å². The van der Waals surface area contributed by atoms with Gasteiger partial charge in [0.25, 0.3) is 5.91 Å². The highest BCUT2D eigenvalue weighted by molar-refractivity contribution is 6.32. The Balaban J connectivity index is 1.90. The Morgan fingerprint density at radius 1 is 1.08 bits per heavy atom. The van der Waals surface area contributed by atoms with Crippen molar-refractivity contribution in [3.8, 4) is 0 Å². The van der Waals surface area contributed by atoms with Gasteiger partial charge in [-0.05, 0) is 55.8 Å². The molecule has 6 heteroatoms. The third kappa shape index (κ3) is 5.57. The summed E-state index contributed by atoms with van der Waals surface area (Å²) in [6.07, 6.45) is 1.76. The number of rotatable bonds is 6. The third-order valence-electron chi connectivity index (χ3n) is 3.53. The molecule has 0 spiro atoms. The first kappa shape index (κ1) is 19.4. The number of ketones is 1. The second-order valence-corrected chi connectivity index (χ2v) is 5.96. The fourth-order valence-corrected chi connectivity index (χ4v) is 2.27. The molecule has 1 N–H and O–H groups in total. The SMILES string of the molecule is CC(=O)c1ccc(NC(=O)[C@H](C)OC(=O)/C=C/c2ccccc2Cl)cc1. The molecule has 2 aromatic rings.